The number of methoxy groups -OCH3 is 2. The first kappa shape index (κ1) is 25.2. The number of nitrogens with zero attached hydrogens (tertiary/aromatic N) is 4. The molecular formula is C20H33IN6O2. The van der Waals surface area contributed by atoms with Crippen molar-refractivity contribution in [2.24, 2.45) is 4.99 Å². The van der Waals surface area contributed by atoms with Gasteiger partial charge in [-0.15, -0.1) is 24.0 Å². The number of likely N-dealkylation sites (N-methyl/N-ethyl adjacent to an activating group) is 1. The van der Waals surface area contributed by atoms with E-state index in [9.17, 15) is 0 Å². The predicted octanol–water partition coefficient (Wildman–Crippen LogP) is 2.13. The number of ether oxygens (including phenoxy) is 2. The van der Waals surface area contributed by atoms with Gasteiger partial charge in [-0.3, -0.25) is 4.99 Å². The number of nitrogens with one attached hydrogen (secondary N) is 2. The van der Waals surface area contributed by atoms with Crippen LogP contribution in [0.2, 0.25) is 0 Å². The van der Waals surface area contributed by atoms with Crippen molar-refractivity contribution >= 4 is 29.9 Å². The molecule has 0 unspecified atom stereocenters. The molecule has 0 bridgehead atoms. The maximum atomic E-state index is 5.19. The first-order chi connectivity index (χ1) is 13.7. The third-order valence-electron chi connectivity index (χ3n) is 4.32. The van der Waals surface area contributed by atoms with Crippen molar-refractivity contribution in [1.29, 1.82) is 0 Å². The molecule has 0 amide bonds. The van der Waals surface area contributed by atoms with Gasteiger partial charge in [0.1, 0.15) is 5.75 Å². The highest BCUT2D eigenvalue weighted by atomic mass is 127. The van der Waals surface area contributed by atoms with E-state index < -0.39 is 0 Å². The second-order valence-electron chi connectivity index (χ2n) is 6.45. The van der Waals surface area contributed by atoms with E-state index in [0.717, 1.165) is 55.8 Å². The quantitative estimate of drug-likeness (QED) is 0.206. The van der Waals surface area contributed by atoms with Crippen LogP contribution in [0.4, 0.5) is 0 Å². The van der Waals surface area contributed by atoms with Crippen LogP contribution in [0.3, 0.4) is 0 Å². The zero-order chi connectivity index (χ0) is 20.2. The summed E-state index contributed by atoms with van der Waals surface area (Å²) in [6.07, 6.45) is 2.99. The average Bonchev–Trinajstić information content (AvgIpc) is 3.20. The van der Waals surface area contributed by atoms with Crippen LogP contribution >= 0.6 is 24.0 Å². The van der Waals surface area contributed by atoms with Crippen LogP contribution in [0.1, 0.15) is 12.1 Å². The standard InChI is InChI=1S/C20H32N6O2.HI/c1-21-20(22-11-14-25(2)12-5-15-27-3)23-16-17-10-13-26(24-17)18-6-8-19(28-4)9-7-18;/h6-10,13H,5,11-12,14-16H2,1-4H3,(H2,21,22,23);1H. The third-order valence-corrected chi connectivity index (χ3v) is 4.32. The minimum Gasteiger partial charge on any atom is -0.497 e. The van der Waals surface area contributed by atoms with E-state index >= 15 is 0 Å². The summed E-state index contributed by atoms with van der Waals surface area (Å²) >= 11 is 0. The SMILES string of the molecule is CN=C(NCCN(C)CCCOC)NCc1ccn(-c2ccc(OC)cc2)n1.I. The molecule has 162 valence electrons. The molecule has 9 heteroatoms. The van der Waals surface area contributed by atoms with Gasteiger partial charge in [0.05, 0.1) is 25.0 Å². The summed E-state index contributed by atoms with van der Waals surface area (Å²) in [5.74, 6) is 1.60. The van der Waals surface area contributed by atoms with Crippen LogP contribution in [0.15, 0.2) is 41.5 Å². The molecule has 29 heavy (non-hydrogen) atoms. The van der Waals surface area contributed by atoms with Gasteiger partial charge in [0, 0.05) is 46.6 Å². The average molecular weight is 516 g/mol. The summed E-state index contributed by atoms with van der Waals surface area (Å²) in [5.41, 5.74) is 1.93. The fourth-order valence-corrected chi connectivity index (χ4v) is 2.69. The molecule has 0 saturated heterocycles. The number of aliphatic imine (C=N–C) groups is 1. The molecule has 0 aliphatic heterocycles. The van der Waals surface area contributed by atoms with Crippen LogP contribution in [0, 0.1) is 0 Å². The van der Waals surface area contributed by atoms with Crippen LogP contribution in [-0.2, 0) is 11.3 Å². The van der Waals surface area contributed by atoms with E-state index in [1.807, 2.05) is 41.2 Å². The van der Waals surface area contributed by atoms with E-state index in [2.05, 4.69) is 32.7 Å². The Kier molecular flexibility index (Phi) is 12.3. The van der Waals surface area contributed by atoms with Crippen molar-refractivity contribution in [3.8, 4) is 11.4 Å². The number of hydrogen-bond donors (Lipinski definition) is 2. The summed E-state index contributed by atoms with van der Waals surface area (Å²) in [6.45, 7) is 4.18. The van der Waals surface area contributed by atoms with Crippen LogP contribution < -0.4 is 15.4 Å². The number of halogens is 1. The van der Waals surface area contributed by atoms with Gasteiger partial charge in [0.15, 0.2) is 5.96 Å². The number of guanidine groups is 1. The van der Waals surface area contributed by atoms with Gasteiger partial charge in [-0.2, -0.15) is 5.10 Å². The van der Waals surface area contributed by atoms with Crippen molar-refractivity contribution in [3.05, 3.63) is 42.2 Å². The molecule has 0 fully saturated rings. The maximum Gasteiger partial charge on any atom is 0.191 e. The summed E-state index contributed by atoms with van der Waals surface area (Å²) in [7, 11) is 7.28. The topological polar surface area (TPSA) is 75.9 Å². The molecule has 2 rings (SSSR count). The fourth-order valence-electron chi connectivity index (χ4n) is 2.69. The normalized spacial score (nSPS) is 11.3. The van der Waals surface area contributed by atoms with Crippen molar-refractivity contribution in [2.45, 2.75) is 13.0 Å². The van der Waals surface area contributed by atoms with Gasteiger partial charge in [0.2, 0.25) is 0 Å². The second kappa shape index (κ2) is 14.2. The molecule has 1 heterocycles. The van der Waals surface area contributed by atoms with Crippen molar-refractivity contribution in [3.63, 3.8) is 0 Å². The van der Waals surface area contributed by atoms with E-state index in [-0.39, 0.29) is 24.0 Å². The maximum absolute atomic E-state index is 5.19. The zero-order valence-corrected chi connectivity index (χ0v) is 20.1. The Labute approximate surface area is 190 Å². The lowest BCUT2D eigenvalue weighted by Crippen LogP contribution is -2.40. The van der Waals surface area contributed by atoms with E-state index in [0.29, 0.717) is 6.54 Å². The molecule has 8 nitrogen and oxygen atoms in total. The first-order valence-electron chi connectivity index (χ1n) is 9.47. The molecule has 2 aromatic rings. The van der Waals surface area contributed by atoms with E-state index in [1.54, 1.807) is 21.3 Å². The van der Waals surface area contributed by atoms with Crippen molar-refractivity contribution in [1.82, 2.24) is 25.3 Å². The lowest BCUT2D eigenvalue weighted by molar-refractivity contribution is 0.180. The Morgan fingerprint density at radius 3 is 2.55 bits per heavy atom. The molecule has 1 aromatic heterocycles. The van der Waals surface area contributed by atoms with Crippen LogP contribution in [-0.4, -0.2) is 75.2 Å². The minimum absolute atomic E-state index is 0. The van der Waals surface area contributed by atoms with Gasteiger partial charge in [-0.05, 0) is 43.8 Å². The molecule has 0 atom stereocenters. The molecule has 0 spiro atoms. The zero-order valence-electron chi connectivity index (χ0n) is 17.7. The summed E-state index contributed by atoms with van der Waals surface area (Å²) in [6, 6.07) is 9.80. The minimum atomic E-state index is 0. The highest BCUT2D eigenvalue weighted by molar-refractivity contribution is 14.0. The molecule has 2 N–H and O–H groups in total. The highest BCUT2D eigenvalue weighted by Gasteiger charge is 2.04. The fraction of sp³-hybridized carbons (Fsp3) is 0.500. The molecule has 0 saturated carbocycles. The van der Waals surface area contributed by atoms with Gasteiger partial charge in [0.25, 0.3) is 0 Å². The number of hydrogen-bond acceptors (Lipinski definition) is 5. The summed E-state index contributed by atoms with van der Waals surface area (Å²) in [4.78, 5) is 6.54. The van der Waals surface area contributed by atoms with Crippen molar-refractivity contribution in [2.75, 3.05) is 54.6 Å². The smallest absolute Gasteiger partial charge is 0.191 e. The number of benzene rings is 1. The van der Waals surface area contributed by atoms with Gasteiger partial charge in [-0.1, -0.05) is 0 Å². The Balaban J connectivity index is 0.00000420. The molecular weight excluding hydrogens is 483 g/mol. The monoisotopic (exact) mass is 516 g/mol. The van der Waals surface area contributed by atoms with Crippen molar-refractivity contribution < 1.29 is 9.47 Å². The van der Waals surface area contributed by atoms with Gasteiger partial charge in [-0.25, -0.2) is 4.68 Å². The van der Waals surface area contributed by atoms with Gasteiger partial charge < -0.3 is 25.0 Å². The Morgan fingerprint density at radius 1 is 1.14 bits per heavy atom. The molecule has 0 aliphatic rings. The molecule has 0 aliphatic carbocycles. The Morgan fingerprint density at radius 2 is 1.90 bits per heavy atom. The van der Waals surface area contributed by atoms with Crippen LogP contribution in [0.25, 0.3) is 5.69 Å². The predicted molar refractivity (Wildman–Crippen MR) is 128 cm³/mol. The number of rotatable bonds is 11. The van der Waals surface area contributed by atoms with E-state index in [1.165, 1.54) is 0 Å². The summed E-state index contributed by atoms with van der Waals surface area (Å²) in [5, 5.41) is 11.2. The van der Waals surface area contributed by atoms with Crippen LogP contribution in [0.5, 0.6) is 5.75 Å². The summed E-state index contributed by atoms with van der Waals surface area (Å²) < 4.78 is 12.1. The largest absolute Gasteiger partial charge is 0.497 e. The number of aromatic nitrogens is 2. The molecule has 0 radical (unpaired) electrons. The Hall–Kier alpha value is -1.85. The first-order valence-corrected chi connectivity index (χ1v) is 9.47. The lowest BCUT2D eigenvalue weighted by Gasteiger charge is -2.17. The van der Waals surface area contributed by atoms with Gasteiger partial charge >= 0.3 is 0 Å². The highest BCUT2D eigenvalue weighted by Crippen LogP contribution is 2.14. The molecule has 1 aromatic carbocycles. The Bertz CT molecular complexity index is 720. The second-order valence-corrected chi connectivity index (χ2v) is 6.45. The van der Waals surface area contributed by atoms with E-state index in [4.69, 9.17) is 9.47 Å². The lowest BCUT2D eigenvalue weighted by atomic mass is 10.3. The third kappa shape index (κ3) is 9.01.